The second-order valence-electron chi connectivity index (χ2n) is 6.24. The first-order chi connectivity index (χ1) is 9.58. The van der Waals surface area contributed by atoms with Gasteiger partial charge in [0.1, 0.15) is 0 Å². The number of hydrogen-bond acceptors (Lipinski definition) is 1. The molecule has 0 saturated carbocycles. The summed E-state index contributed by atoms with van der Waals surface area (Å²) in [4.78, 5) is 0. The number of aromatic amines is 1. The number of nitrogens with zero attached hydrogens (tertiary/aromatic N) is 1. The van der Waals surface area contributed by atoms with E-state index in [1.807, 2.05) is 12.1 Å². The van der Waals surface area contributed by atoms with Crippen molar-refractivity contribution in [2.45, 2.75) is 45.4 Å². The first kappa shape index (κ1) is 13.7. The van der Waals surface area contributed by atoms with E-state index in [0.29, 0.717) is 17.8 Å². The maximum atomic E-state index is 5.98. The zero-order valence-electron chi connectivity index (χ0n) is 12.3. The Morgan fingerprint density at radius 3 is 2.55 bits per heavy atom. The highest BCUT2D eigenvalue weighted by Crippen LogP contribution is 2.44. The van der Waals surface area contributed by atoms with Gasteiger partial charge in [0.2, 0.25) is 0 Å². The van der Waals surface area contributed by atoms with Crippen molar-refractivity contribution in [2.24, 2.45) is 5.92 Å². The second kappa shape index (κ2) is 5.25. The minimum absolute atomic E-state index is 0.574. The van der Waals surface area contributed by atoms with Crippen LogP contribution in [-0.2, 0) is 0 Å². The van der Waals surface area contributed by atoms with Crippen LogP contribution in [-0.4, -0.2) is 10.2 Å². The van der Waals surface area contributed by atoms with Crippen molar-refractivity contribution < 1.29 is 0 Å². The molecule has 0 amide bonds. The van der Waals surface area contributed by atoms with E-state index >= 15 is 0 Å². The van der Waals surface area contributed by atoms with E-state index in [9.17, 15) is 0 Å². The van der Waals surface area contributed by atoms with Gasteiger partial charge in [0.05, 0.1) is 5.69 Å². The summed E-state index contributed by atoms with van der Waals surface area (Å²) in [5.41, 5.74) is 5.03. The van der Waals surface area contributed by atoms with Gasteiger partial charge in [-0.3, -0.25) is 5.10 Å². The molecule has 0 fully saturated rings. The van der Waals surface area contributed by atoms with Gasteiger partial charge in [-0.1, -0.05) is 44.5 Å². The summed E-state index contributed by atoms with van der Waals surface area (Å²) >= 11 is 5.98. The quantitative estimate of drug-likeness (QED) is 0.791. The molecule has 1 N–H and O–H groups in total. The Balaban J connectivity index is 2.08. The van der Waals surface area contributed by atoms with Gasteiger partial charge < -0.3 is 0 Å². The molecule has 1 aromatic carbocycles. The summed E-state index contributed by atoms with van der Waals surface area (Å²) in [6.45, 7) is 6.91. The number of halogens is 1. The molecule has 2 atom stereocenters. The first-order valence-corrected chi connectivity index (χ1v) is 7.79. The average Bonchev–Trinajstić information content (AvgIpc) is 2.85. The fourth-order valence-corrected chi connectivity index (χ4v) is 3.48. The van der Waals surface area contributed by atoms with E-state index in [-0.39, 0.29) is 0 Å². The zero-order valence-corrected chi connectivity index (χ0v) is 13.0. The number of hydrogen-bond donors (Lipinski definition) is 1. The Bertz CT molecular complexity index is 598. The van der Waals surface area contributed by atoms with Crippen molar-refractivity contribution in [3.05, 3.63) is 40.5 Å². The van der Waals surface area contributed by atoms with Crippen molar-refractivity contribution in [1.29, 1.82) is 0 Å². The summed E-state index contributed by atoms with van der Waals surface area (Å²) in [7, 11) is 0. The van der Waals surface area contributed by atoms with Crippen molar-refractivity contribution in [1.82, 2.24) is 10.2 Å². The summed E-state index contributed by atoms with van der Waals surface area (Å²) in [6.07, 6.45) is 2.50. The molecular weight excluding hydrogens is 268 g/mol. The van der Waals surface area contributed by atoms with Crippen LogP contribution in [0.2, 0.25) is 5.02 Å². The Morgan fingerprint density at radius 1 is 1.20 bits per heavy atom. The Morgan fingerprint density at radius 2 is 1.90 bits per heavy atom. The smallest absolute Gasteiger partial charge is 0.0958 e. The predicted molar refractivity (Wildman–Crippen MR) is 84.3 cm³/mol. The molecule has 0 spiro atoms. The highest BCUT2D eigenvalue weighted by atomic mass is 35.5. The van der Waals surface area contributed by atoms with Crippen LogP contribution in [0.3, 0.4) is 0 Å². The largest absolute Gasteiger partial charge is 0.281 e. The maximum absolute atomic E-state index is 5.98. The van der Waals surface area contributed by atoms with Crippen molar-refractivity contribution in [3.63, 3.8) is 0 Å². The van der Waals surface area contributed by atoms with E-state index < -0.39 is 0 Å². The number of benzene rings is 1. The molecule has 1 aromatic heterocycles. The van der Waals surface area contributed by atoms with E-state index in [1.165, 1.54) is 24.1 Å². The van der Waals surface area contributed by atoms with Crippen LogP contribution in [0.25, 0.3) is 11.3 Å². The SMILES string of the molecule is CC(C)[C@@H]1CC[C@H](C)c2c(-c3ccc(Cl)cc3)n[nH]c21. The summed E-state index contributed by atoms with van der Waals surface area (Å²) in [5.74, 6) is 1.83. The highest BCUT2D eigenvalue weighted by molar-refractivity contribution is 6.30. The molecule has 3 rings (SSSR count). The van der Waals surface area contributed by atoms with E-state index in [2.05, 4.69) is 43.1 Å². The average molecular weight is 289 g/mol. The number of H-pyrrole nitrogens is 1. The van der Waals surface area contributed by atoms with Gasteiger partial charge >= 0.3 is 0 Å². The highest BCUT2D eigenvalue weighted by Gasteiger charge is 2.31. The summed E-state index contributed by atoms with van der Waals surface area (Å²) < 4.78 is 0. The topological polar surface area (TPSA) is 28.7 Å². The number of nitrogens with one attached hydrogen (secondary N) is 1. The van der Waals surface area contributed by atoms with Gasteiger partial charge in [-0.25, -0.2) is 0 Å². The molecule has 1 heterocycles. The fourth-order valence-electron chi connectivity index (χ4n) is 3.36. The Hall–Kier alpha value is -1.28. The van der Waals surface area contributed by atoms with Crippen LogP contribution >= 0.6 is 11.6 Å². The van der Waals surface area contributed by atoms with Crippen LogP contribution < -0.4 is 0 Å². The summed E-state index contributed by atoms with van der Waals surface area (Å²) in [5, 5.41) is 8.70. The van der Waals surface area contributed by atoms with Gasteiger partial charge in [0, 0.05) is 27.8 Å². The van der Waals surface area contributed by atoms with Gasteiger partial charge in [-0.05, 0) is 36.8 Å². The first-order valence-electron chi connectivity index (χ1n) is 7.42. The molecule has 0 radical (unpaired) electrons. The van der Waals surface area contributed by atoms with Crippen LogP contribution in [0.1, 0.15) is 56.7 Å². The molecule has 0 bridgehead atoms. The van der Waals surface area contributed by atoms with Crippen LogP contribution in [0.4, 0.5) is 0 Å². The van der Waals surface area contributed by atoms with Gasteiger partial charge in [0.15, 0.2) is 0 Å². The Labute approximate surface area is 125 Å². The normalized spacial score (nSPS) is 22.1. The minimum atomic E-state index is 0.574. The lowest BCUT2D eigenvalue weighted by Crippen LogP contribution is -2.16. The monoisotopic (exact) mass is 288 g/mol. The zero-order chi connectivity index (χ0) is 14.3. The maximum Gasteiger partial charge on any atom is 0.0958 e. The van der Waals surface area contributed by atoms with Crippen molar-refractivity contribution in [2.75, 3.05) is 0 Å². The number of aromatic nitrogens is 2. The van der Waals surface area contributed by atoms with Gasteiger partial charge in [-0.15, -0.1) is 0 Å². The number of fused-ring (bicyclic) bond motifs is 1. The van der Waals surface area contributed by atoms with Crippen LogP contribution in [0.15, 0.2) is 24.3 Å². The van der Waals surface area contributed by atoms with E-state index in [0.717, 1.165) is 16.3 Å². The third kappa shape index (κ3) is 2.26. The third-order valence-corrected chi connectivity index (χ3v) is 4.78. The lowest BCUT2D eigenvalue weighted by molar-refractivity contribution is 0.403. The molecule has 106 valence electrons. The predicted octanol–water partition coefficient (Wildman–Crippen LogP) is 5.37. The van der Waals surface area contributed by atoms with E-state index in [1.54, 1.807) is 0 Å². The van der Waals surface area contributed by atoms with Gasteiger partial charge in [0.25, 0.3) is 0 Å². The molecule has 1 aliphatic carbocycles. The van der Waals surface area contributed by atoms with Crippen molar-refractivity contribution in [3.8, 4) is 11.3 Å². The minimum Gasteiger partial charge on any atom is -0.281 e. The number of rotatable bonds is 2. The molecule has 3 heteroatoms. The van der Waals surface area contributed by atoms with Crippen molar-refractivity contribution >= 4 is 11.6 Å². The second-order valence-corrected chi connectivity index (χ2v) is 6.67. The van der Waals surface area contributed by atoms with Crippen LogP contribution in [0.5, 0.6) is 0 Å². The molecule has 0 aliphatic heterocycles. The van der Waals surface area contributed by atoms with Gasteiger partial charge in [-0.2, -0.15) is 5.10 Å². The fraction of sp³-hybridized carbons (Fsp3) is 0.471. The molecule has 0 unspecified atom stereocenters. The third-order valence-electron chi connectivity index (χ3n) is 4.53. The lowest BCUT2D eigenvalue weighted by Gasteiger charge is -2.29. The molecule has 2 nitrogen and oxygen atoms in total. The van der Waals surface area contributed by atoms with Crippen LogP contribution in [0, 0.1) is 5.92 Å². The standard InChI is InChI=1S/C17H21ClN2/c1-10(2)14-9-4-11(3)15-16(19-20-17(14)15)12-5-7-13(18)8-6-12/h5-8,10-11,14H,4,9H2,1-3H3,(H,19,20)/t11-,14-/m0/s1. The Kier molecular flexibility index (Phi) is 3.59. The molecular formula is C17H21ClN2. The summed E-state index contributed by atoms with van der Waals surface area (Å²) in [6, 6.07) is 7.99. The van der Waals surface area contributed by atoms with E-state index in [4.69, 9.17) is 11.6 Å². The lowest BCUT2D eigenvalue weighted by atomic mass is 9.75. The molecule has 0 saturated heterocycles. The molecule has 20 heavy (non-hydrogen) atoms. The molecule has 1 aliphatic rings. The molecule has 2 aromatic rings.